The van der Waals surface area contributed by atoms with E-state index in [1.165, 1.54) is 0 Å². The van der Waals surface area contributed by atoms with Crippen LogP contribution in [-0.2, 0) is 0 Å². The summed E-state index contributed by atoms with van der Waals surface area (Å²) in [6.45, 7) is 3.63. The van der Waals surface area contributed by atoms with Crippen molar-refractivity contribution in [2.45, 2.75) is 13.8 Å². The van der Waals surface area contributed by atoms with Gasteiger partial charge in [-0.2, -0.15) is 10.5 Å². The highest BCUT2D eigenvalue weighted by atomic mass is 16.4. The normalized spacial score (nSPS) is 10.3. The summed E-state index contributed by atoms with van der Waals surface area (Å²) in [7, 11) is 0. The van der Waals surface area contributed by atoms with Crippen molar-refractivity contribution in [3.63, 3.8) is 0 Å². The highest BCUT2D eigenvalue weighted by Gasteiger charge is 2.12. The molecule has 0 bridgehead atoms. The Morgan fingerprint density at radius 3 is 2.37 bits per heavy atom. The van der Waals surface area contributed by atoms with E-state index in [4.69, 9.17) is 14.9 Å². The second-order valence-corrected chi connectivity index (χ2v) is 4.07. The summed E-state index contributed by atoms with van der Waals surface area (Å²) in [4.78, 5) is 4.19. The molecule has 4 heteroatoms. The van der Waals surface area contributed by atoms with Crippen LogP contribution in [0.3, 0.4) is 0 Å². The number of aryl methyl sites for hydroxylation is 1. The van der Waals surface area contributed by atoms with Crippen molar-refractivity contribution in [3.05, 3.63) is 52.3 Å². The molecule has 1 aromatic carbocycles. The van der Waals surface area contributed by atoms with E-state index >= 15 is 0 Å². The Bertz CT molecular complexity index is 710. The minimum atomic E-state index is 0.321. The summed E-state index contributed by atoms with van der Waals surface area (Å²) in [5.74, 6) is 1.02. The molecule has 0 fully saturated rings. The maximum absolute atomic E-state index is 9.06. The summed E-state index contributed by atoms with van der Waals surface area (Å²) < 4.78 is 5.43. The van der Waals surface area contributed by atoms with Crippen LogP contribution in [0.5, 0.6) is 0 Å². The third-order valence-corrected chi connectivity index (χ3v) is 2.85. The van der Waals surface area contributed by atoms with Crippen LogP contribution < -0.4 is 0 Å². The Hall–Kier alpha value is -2.85. The number of furan rings is 1. The molecule has 0 spiro atoms. The average Bonchev–Trinajstić information content (AvgIpc) is 2.72. The highest BCUT2D eigenvalue weighted by Crippen LogP contribution is 2.27. The minimum absolute atomic E-state index is 0.321. The number of benzene rings is 1. The molecule has 1 aromatic heterocycles. The molecule has 1 heterocycles. The summed E-state index contributed by atoms with van der Waals surface area (Å²) >= 11 is 0. The van der Waals surface area contributed by atoms with Crippen LogP contribution >= 0.6 is 0 Å². The second-order valence-electron chi connectivity index (χ2n) is 4.07. The fourth-order valence-corrected chi connectivity index (χ4v) is 1.61. The lowest BCUT2D eigenvalue weighted by Gasteiger charge is -1.92. The quantitative estimate of drug-likeness (QED) is 0.765. The van der Waals surface area contributed by atoms with Gasteiger partial charge in [0.15, 0.2) is 0 Å². The van der Waals surface area contributed by atoms with Crippen LogP contribution in [0.15, 0.2) is 33.7 Å². The van der Waals surface area contributed by atoms with Crippen molar-refractivity contribution >= 4 is 12.1 Å². The van der Waals surface area contributed by atoms with Crippen LogP contribution in [0.1, 0.15) is 28.0 Å². The van der Waals surface area contributed by atoms with Gasteiger partial charge >= 0.3 is 0 Å². The molecule has 0 saturated heterocycles. The molecule has 0 aliphatic heterocycles. The van der Waals surface area contributed by atoms with E-state index in [9.17, 15) is 0 Å². The van der Waals surface area contributed by atoms with Gasteiger partial charge in [0.05, 0.1) is 11.6 Å². The van der Waals surface area contributed by atoms with E-state index in [1.54, 1.807) is 37.4 Å². The van der Waals surface area contributed by atoms with Crippen molar-refractivity contribution in [1.29, 1.82) is 10.5 Å². The first-order chi connectivity index (χ1) is 9.15. The van der Waals surface area contributed by atoms with Gasteiger partial charge in [0.25, 0.3) is 0 Å². The lowest BCUT2D eigenvalue weighted by molar-refractivity contribution is 0.542. The number of nitriles is 2. The Morgan fingerprint density at radius 1 is 1.11 bits per heavy atom. The smallest absolute Gasteiger partial charge is 0.237 e. The van der Waals surface area contributed by atoms with Gasteiger partial charge in [0.2, 0.25) is 5.88 Å². The van der Waals surface area contributed by atoms with E-state index < -0.39 is 0 Å². The number of aliphatic imine (C=N–C) groups is 1. The molecule has 0 N–H and O–H groups in total. The largest absolute Gasteiger partial charge is 0.442 e. The molecule has 2 rings (SSSR count). The molecule has 0 aliphatic rings. The lowest BCUT2D eigenvalue weighted by atomic mass is 10.1. The Balaban J connectivity index is 2.30. The summed E-state index contributed by atoms with van der Waals surface area (Å²) in [6, 6.07) is 11.1. The molecule has 0 amide bonds. The van der Waals surface area contributed by atoms with Crippen LogP contribution in [-0.4, -0.2) is 6.21 Å². The Labute approximate surface area is 111 Å². The first-order valence-electron chi connectivity index (χ1n) is 5.70. The molecule has 19 heavy (non-hydrogen) atoms. The minimum Gasteiger partial charge on any atom is -0.442 e. The fourth-order valence-electron chi connectivity index (χ4n) is 1.61. The van der Waals surface area contributed by atoms with E-state index in [0.717, 1.165) is 11.1 Å². The van der Waals surface area contributed by atoms with Gasteiger partial charge in [-0.25, -0.2) is 4.99 Å². The standard InChI is InChI=1S/C15H11N3O/c1-10-11(2)19-15(14(10)8-17)18-9-13-5-3-12(7-16)4-6-13/h3-6,9H,1-2H3/b18-9+. The van der Waals surface area contributed by atoms with Gasteiger partial charge in [-0.05, 0) is 31.5 Å². The molecule has 0 saturated carbocycles. The first-order valence-corrected chi connectivity index (χ1v) is 5.70. The zero-order valence-electron chi connectivity index (χ0n) is 10.6. The Kier molecular flexibility index (Phi) is 3.45. The molecule has 0 unspecified atom stereocenters. The van der Waals surface area contributed by atoms with Gasteiger partial charge in [-0.15, -0.1) is 0 Å². The molecular formula is C15H11N3O. The van der Waals surface area contributed by atoms with Crippen molar-refractivity contribution < 1.29 is 4.42 Å². The summed E-state index contributed by atoms with van der Waals surface area (Å²) in [6.07, 6.45) is 1.61. The van der Waals surface area contributed by atoms with E-state index in [0.29, 0.717) is 22.8 Å². The summed E-state index contributed by atoms with van der Waals surface area (Å²) in [5, 5.41) is 17.8. The van der Waals surface area contributed by atoms with Crippen LogP contribution in [0, 0.1) is 36.5 Å². The number of rotatable bonds is 2. The number of hydrogen-bond donors (Lipinski definition) is 0. The molecule has 0 radical (unpaired) electrons. The summed E-state index contributed by atoms with van der Waals surface area (Å²) in [5.41, 5.74) is 2.71. The van der Waals surface area contributed by atoms with Crippen LogP contribution in [0.2, 0.25) is 0 Å². The van der Waals surface area contributed by atoms with Gasteiger partial charge in [0.1, 0.15) is 17.4 Å². The predicted octanol–water partition coefficient (Wildman–Crippen LogP) is 3.39. The molecule has 4 nitrogen and oxygen atoms in total. The topological polar surface area (TPSA) is 73.1 Å². The molecule has 0 atom stereocenters. The molecule has 92 valence electrons. The third-order valence-electron chi connectivity index (χ3n) is 2.85. The van der Waals surface area contributed by atoms with Crippen molar-refractivity contribution in [2.24, 2.45) is 4.99 Å². The highest BCUT2D eigenvalue weighted by molar-refractivity contribution is 5.82. The van der Waals surface area contributed by atoms with E-state index in [1.807, 2.05) is 6.92 Å². The lowest BCUT2D eigenvalue weighted by Crippen LogP contribution is -1.81. The maximum Gasteiger partial charge on any atom is 0.237 e. The first kappa shape index (κ1) is 12.6. The zero-order chi connectivity index (χ0) is 13.8. The van der Waals surface area contributed by atoms with E-state index in [-0.39, 0.29) is 0 Å². The zero-order valence-corrected chi connectivity index (χ0v) is 10.6. The van der Waals surface area contributed by atoms with Gasteiger partial charge in [-0.3, -0.25) is 0 Å². The monoisotopic (exact) mass is 249 g/mol. The van der Waals surface area contributed by atoms with Gasteiger partial charge in [0, 0.05) is 11.8 Å². The number of hydrogen-bond acceptors (Lipinski definition) is 4. The fraction of sp³-hybridized carbons (Fsp3) is 0.133. The van der Waals surface area contributed by atoms with Crippen molar-refractivity contribution in [2.75, 3.05) is 0 Å². The van der Waals surface area contributed by atoms with Crippen molar-refractivity contribution in [3.8, 4) is 12.1 Å². The second kappa shape index (κ2) is 5.20. The van der Waals surface area contributed by atoms with Crippen LogP contribution in [0.25, 0.3) is 0 Å². The third kappa shape index (κ3) is 2.53. The van der Waals surface area contributed by atoms with Crippen LogP contribution in [0.4, 0.5) is 5.88 Å². The molecular weight excluding hydrogens is 238 g/mol. The number of nitrogens with zero attached hydrogens (tertiary/aromatic N) is 3. The molecule has 2 aromatic rings. The molecule has 0 aliphatic carbocycles. The van der Waals surface area contributed by atoms with E-state index in [2.05, 4.69) is 17.1 Å². The van der Waals surface area contributed by atoms with Crippen molar-refractivity contribution in [1.82, 2.24) is 0 Å². The van der Waals surface area contributed by atoms with Gasteiger partial charge < -0.3 is 4.42 Å². The predicted molar refractivity (Wildman–Crippen MR) is 71.3 cm³/mol. The average molecular weight is 249 g/mol. The maximum atomic E-state index is 9.06. The Morgan fingerprint density at radius 2 is 1.79 bits per heavy atom. The SMILES string of the molecule is Cc1oc(/N=C/c2ccc(C#N)cc2)c(C#N)c1C. The van der Waals surface area contributed by atoms with Gasteiger partial charge in [-0.1, -0.05) is 12.1 Å².